The normalized spacial score (nSPS) is 17.2. The lowest BCUT2D eigenvalue weighted by atomic mass is 10.0. The van der Waals surface area contributed by atoms with Crippen molar-refractivity contribution in [2.75, 3.05) is 50.1 Å². The fraction of sp³-hybridized carbons (Fsp3) is 0.429. The molecule has 7 nitrogen and oxygen atoms in total. The summed E-state index contributed by atoms with van der Waals surface area (Å²) in [6.07, 6.45) is 3.86. The van der Waals surface area contributed by atoms with Crippen molar-refractivity contribution in [1.82, 2.24) is 9.88 Å². The molecule has 2 aromatic rings. The zero-order valence-electron chi connectivity index (χ0n) is 16.1. The number of likely N-dealkylation sites (tertiary alicyclic amines) is 1. The Morgan fingerprint density at radius 3 is 2.71 bits per heavy atom. The van der Waals surface area contributed by atoms with Crippen LogP contribution in [0.25, 0.3) is 0 Å². The van der Waals surface area contributed by atoms with Gasteiger partial charge >= 0.3 is 0 Å². The molecule has 0 radical (unpaired) electrons. The summed E-state index contributed by atoms with van der Waals surface area (Å²) in [5.41, 5.74) is 0.735. The molecule has 1 amide bonds. The molecule has 2 aliphatic heterocycles. The molecule has 0 spiro atoms. The minimum Gasteiger partial charge on any atom is -0.486 e. The molecule has 1 aromatic carbocycles. The molecule has 0 aliphatic carbocycles. The predicted octanol–water partition coefficient (Wildman–Crippen LogP) is 2.39. The number of carbonyl (C=O) groups is 1. The average molecular weight is 382 g/mol. The molecule has 28 heavy (non-hydrogen) atoms. The first kappa shape index (κ1) is 18.6. The summed E-state index contributed by atoms with van der Waals surface area (Å²) in [6, 6.07) is 11.9. The van der Waals surface area contributed by atoms with Crippen LogP contribution in [0.5, 0.6) is 11.5 Å². The van der Waals surface area contributed by atoms with E-state index < -0.39 is 0 Å². The Kier molecular flexibility index (Phi) is 5.62. The molecule has 0 atom stereocenters. The predicted molar refractivity (Wildman–Crippen MR) is 108 cm³/mol. The molecule has 0 bridgehead atoms. The number of amides is 1. The van der Waals surface area contributed by atoms with E-state index in [1.807, 2.05) is 42.6 Å². The van der Waals surface area contributed by atoms with Gasteiger partial charge in [0, 0.05) is 44.1 Å². The fourth-order valence-corrected chi connectivity index (χ4v) is 3.74. The van der Waals surface area contributed by atoms with Crippen molar-refractivity contribution in [1.29, 1.82) is 0 Å². The van der Waals surface area contributed by atoms with Crippen molar-refractivity contribution in [2.45, 2.75) is 18.9 Å². The molecule has 0 unspecified atom stereocenters. The number of pyridine rings is 1. The van der Waals surface area contributed by atoms with Gasteiger partial charge in [-0.15, -0.1) is 0 Å². The molecule has 1 saturated heterocycles. The zero-order chi connectivity index (χ0) is 19.3. The molecule has 4 rings (SSSR count). The minimum atomic E-state index is -0.00629. The Bertz CT molecular complexity index is 807. The summed E-state index contributed by atoms with van der Waals surface area (Å²) in [5.74, 6) is 2.40. The quantitative estimate of drug-likeness (QED) is 0.857. The SMILES string of the molecule is CN(c1ccccn1)C1CCN(CC(=O)Nc2ccc3c(c2)OCCO3)CC1. The van der Waals surface area contributed by atoms with E-state index in [-0.39, 0.29) is 5.91 Å². The van der Waals surface area contributed by atoms with Crippen LogP contribution in [-0.2, 0) is 4.79 Å². The Morgan fingerprint density at radius 1 is 1.18 bits per heavy atom. The molecule has 2 aliphatic rings. The summed E-state index contributed by atoms with van der Waals surface area (Å²) >= 11 is 0. The van der Waals surface area contributed by atoms with Crippen molar-refractivity contribution >= 4 is 17.4 Å². The van der Waals surface area contributed by atoms with E-state index >= 15 is 0 Å². The second-order valence-electron chi connectivity index (χ2n) is 7.21. The van der Waals surface area contributed by atoms with Gasteiger partial charge in [-0.05, 0) is 37.1 Å². The standard InChI is InChI=1S/C21H26N4O3/c1-24(20-4-2-3-9-22-20)17-7-10-25(11-8-17)15-21(26)23-16-5-6-18-19(14-16)28-13-12-27-18/h2-6,9,14,17H,7-8,10-13,15H2,1H3,(H,23,26). The van der Waals surface area contributed by atoms with Gasteiger partial charge in [-0.2, -0.15) is 0 Å². The maximum absolute atomic E-state index is 12.4. The van der Waals surface area contributed by atoms with E-state index in [0.29, 0.717) is 31.5 Å². The average Bonchev–Trinajstić information content (AvgIpc) is 2.74. The van der Waals surface area contributed by atoms with Gasteiger partial charge in [0.25, 0.3) is 0 Å². The van der Waals surface area contributed by atoms with Crippen molar-refractivity contribution in [3.63, 3.8) is 0 Å². The van der Waals surface area contributed by atoms with Crippen molar-refractivity contribution in [3.8, 4) is 11.5 Å². The molecule has 1 aromatic heterocycles. The van der Waals surface area contributed by atoms with Crippen molar-refractivity contribution < 1.29 is 14.3 Å². The van der Waals surface area contributed by atoms with Gasteiger partial charge in [-0.1, -0.05) is 6.07 Å². The van der Waals surface area contributed by atoms with Crippen LogP contribution < -0.4 is 19.7 Å². The fourth-order valence-electron chi connectivity index (χ4n) is 3.74. The van der Waals surface area contributed by atoms with Gasteiger partial charge in [-0.25, -0.2) is 4.98 Å². The molecule has 1 fully saturated rings. The summed E-state index contributed by atoms with van der Waals surface area (Å²) in [7, 11) is 2.09. The third-order valence-electron chi connectivity index (χ3n) is 5.31. The van der Waals surface area contributed by atoms with E-state index in [1.165, 1.54) is 0 Å². The van der Waals surface area contributed by atoms with Crippen LogP contribution in [0.1, 0.15) is 12.8 Å². The Labute approximate surface area is 165 Å². The molecule has 148 valence electrons. The summed E-state index contributed by atoms with van der Waals surface area (Å²) in [6.45, 7) is 3.29. The summed E-state index contributed by atoms with van der Waals surface area (Å²) in [5, 5.41) is 2.96. The highest BCUT2D eigenvalue weighted by Gasteiger charge is 2.24. The highest BCUT2D eigenvalue weighted by atomic mass is 16.6. The molecule has 0 saturated carbocycles. The first-order chi connectivity index (χ1) is 13.7. The van der Waals surface area contributed by atoms with Crippen molar-refractivity contribution in [3.05, 3.63) is 42.6 Å². The van der Waals surface area contributed by atoms with Crippen LogP contribution in [0, 0.1) is 0 Å². The molecule has 3 heterocycles. The number of hydrogen-bond acceptors (Lipinski definition) is 6. The van der Waals surface area contributed by atoms with Gasteiger partial charge in [-0.3, -0.25) is 9.69 Å². The second-order valence-corrected chi connectivity index (χ2v) is 7.21. The van der Waals surface area contributed by atoms with Gasteiger partial charge < -0.3 is 19.7 Å². The maximum Gasteiger partial charge on any atom is 0.238 e. The van der Waals surface area contributed by atoms with Gasteiger partial charge in [0.1, 0.15) is 19.0 Å². The topological polar surface area (TPSA) is 66.9 Å². The number of anilines is 2. The van der Waals surface area contributed by atoms with Crippen molar-refractivity contribution in [2.24, 2.45) is 0 Å². The zero-order valence-corrected chi connectivity index (χ0v) is 16.1. The number of aromatic nitrogens is 1. The van der Waals surface area contributed by atoms with E-state index in [4.69, 9.17) is 9.47 Å². The molecular formula is C21H26N4O3. The number of carbonyl (C=O) groups excluding carboxylic acids is 1. The number of benzene rings is 1. The lowest BCUT2D eigenvalue weighted by Crippen LogP contribution is -2.45. The number of nitrogens with zero attached hydrogens (tertiary/aromatic N) is 3. The van der Waals surface area contributed by atoms with Gasteiger partial charge in [0.15, 0.2) is 11.5 Å². The molecule has 1 N–H and O–H groups in total. The summed E-state index contributed by atoms with van der Waals surface area (Å²) < 4.78 is 11.1. The van der Waals surface area contributed by atoms with E-state index in [9.17, 15) is 4.79 Å². The highest BCUT2D eigenvalue weighted by molar-refractivity contribution is 5.92. The summed E-state index contributed by atoms with van der Waals surface area (Å²) in [4.78, 5) is 21.3. The number of ether oxygens (including phenoxy) is 2. The van der Waals surface area contributed by atoms with Crippen LogP contribution >= 0.6 is 0 Å². The first-order valence-corrected chi connectivity index (χ1v) is 9.75. The number of piperidine rings is 1. The Morgan fingerprint density at radius 2 is 1.96 bits per heavy atom. The lowest BCUT2D eigenvalue weighted by Gasteiger charge is -2.37. The van der Waals surface area contributed by atoms with Crippen LogP contribution in [0.4, 0.5) is 11.5 Å². The van der Waals surface area contributed by atoms with Crippen LogP contribution in [0.3, 0.4) is 0 Å². The second kappa shape index (κ2) is 8.48. The van der Waals surface area contributed by atoms with Gasteiger partial charge in [0.2, 0.25) is 5.91 Å². The van der Waals surface area contributed by atoms with E-state index in [1.54, 1.807) is 0 Å². The highest BCUT2D eigenvalue weighted by Crippen LogP contribution is 2.32. The Balaban J connectivity index is 1.26. The lowest BCUT2D eigenvalue weighted by molar-refractivity contribution is -0.117. The van der Waals surface area contributed by atoms with Gasteiger partial charge in [0.05, 0.1) is 6.54 Å². The van der Waals surface area contributed by atoms with E-state index in [0.717, 1.165) is 43.2 Å². The third kappa shape index (κ3) is 4.36. The number of nitrogens with one attached hydrogen (secondary N) is 1. The van der Waals surface area contributed by atoms with Crippen LogP contribution in [0.2, 0.25) is 0 Å². The molecule has 7 heteroatoms. The maximum atomic E-state index is 12.4. The third-order valence-corrected chi connectivity index (χ3v) is 5.31. The van der Waals surface area contributed by atoms with Crippen LogP contribution in [0.15, 0.2) is 42.6 Å². The largest absolute Gasteiger partial charge is 0.486 e. The number of hydrogen-bond donors (Lipinski definition) is 1. The first-order valence-electron chi connectivity index (χ1n) is 9.75. The monoisotopic (exact) mass is 382 g/mol. The van der Waals surface area contributed by atoms with Crippen LogP contribution in [-0.4, -0.2) is 61.7 Å². The van der Waals surface area contributed by atoms with E-state index in [2.05, 4.69) is 27.1 Å². The molecular weight excluding hydrogens is 356 g/mol. The number of rotatable bonds is 5. The Hall–Kier alpha value is -2.80. The smallest absolute Gasteiger partial charge is 0.238 e. The number of fused-ring (bicyclic) bond motifs is 1. The minimum absolute atomic E-state index is 0.00629.